The van der Waals surface area contributed by atoms with Crippen molar-refractivity contribution in [1.82, 2.24) is 4.98 Å². The van der Waals surface area contributed by atoms with Crippen molar-refractivity contribution < 1.29 is 4.79 Å². The van der Waals surface area contributed by atoms with Crippen molar-refractivity contribution in [2.45, 2.75) is 46.0 Å². The fourth-order valence-electron chi connectivity index (χ4n) is 3.39. The van der Waals surface area contributed by atoms with Crippen LogP contribution in [0.2, 0.25) is 0 Å². The number of pyridine rings is 1. The minimum Gasteiger partial charge on any atom is -0.356 e. The summed E-state index contributed by atoms with van der Waals surface area (Å²) in [6.07, 6.45) is 4.17. The highest BCUT2D eigenvalue weighted by molar-refractivity contribution is 6.04. The predicted octanol–water partition coefficient (Wildman–Crippen LogP) is 4.87. The van der Waals surface area contributed by atoms with Crippen LogP contribution >= 0.6 is 0 Å². The van der Waals surface area contributed by atoms with Crippen molar-refractivity contribution in [3.05, 3.63) is 53.7 Å². The first-order chi connectivity index (χ1) is 12.3. The summed E-state index contributed by atoms with van der Waals surface area (Å²) >= 11 is 0. The van der Waals surface area contributed by atoms with Gasteiger partial charge in [-0.1, -0.05) is 39.8 Å². The van der Waals surface area contributed by atoms with E-state index in [2.05, 4.69) is 55.0 Å². The van der Waals surface area contributed by atoms with E-state index in [1.54, 1.807) is 12.3 Å². The van der Waals surface area contributed by atoms with E-state index in [4.69, 9.17) is 0 Å². The average molecular weight is 351 g/mol. The van der Waals surface area contributed by atoms with E-state index in [9.17, 15) is 4.79 Å². The summed E-state index contributed by atoms with van der Waals surface area (Å²) in [5, 5.41) is 2.99. The highest BCUT2D eigenvalue weighted by atomic mass is 16.1. The summed E-state index contributed by atoms with van der Waals surface area (Å²) < 4.78 is 0. The number of aromatic nitrogens is 1. The van der Waals surface area contributed by atoms with Gasteiger partial charge in [0.05, 0.1) is 0 Å². The molecule has 1 fully saturated rings. The Hall–Kier alpha value is -2.36. The normalized spacial score (nSPS) is 17.8. The number of anilines is 2. The van der Waals surface area contributed by atoms with Gasteiger partial charge in [-0.2, -0.15) is 0 Å². The molecule has 2 aromatic rings. The molecule has 1 aromatic carbocycles. The van der Waals surface area contributed by atoms with Crippen molar-refractivity contribution in [2.24, 2.45) is 5.92 Å². The lowest BCUT2D eigenvalue weighted by Crippen LogP contribution is -2.34. The topological polar surface area (TPSA) is 45.2 Å². The van der Waals surface area contributed by atoms with Gasteiger partial charge in [-0.15, -0.1) is 0 Å². The summed E-state index contributed by atoms with van der Waals surface area (Å²) in [5.41, 5.74) is 2.82. The summed E-state index contributed by atoms with van der Waals surface area (Å²) in [7, 11) is 0. The van der Waals surface area contributed by atoms with E-state index in [0.717, 1.165) is 24.6 Å². The molecule has 3 rings (SSSR count). The zero-order chi connectivity index (χ0) is 18.7. The third-order valence-corrected chi connectivity index (χ3v) is 5.00. The monoisotopic (exact) mass is 351 g/mol. The molecule has 26 heavy (non-hydrogen) atoms. The van der Waals surface area contributed by atoms with E-state index < -0.39 is 0 Å². The molecule has 2 heterocycles. The van der Waals surface area contributed by atoms with Gasteiger partial charge >= 0.3 is 0 Å². The first kappa shape index (κ1) is 18.4. The third-order valence-electron chi connectivity index (χ3n) is 5.00. The number of carbonyl (C=O) groups is 1. The van der Waals surface area contributed by atoms with Crippen molar-refractivity contribution >= 4 is 17.4 Å². The van der Waals surface area contributed by atoms with Crippen LogP contribution in [0.25, 0.3) is 0 Å². The lowest BCUT2D eigenvalue weighted by atomic mass is 9.87. The lowest BCUT2D eigenvalue weighted by Gasteiger charge is -2.31. The first-order valence-corrected chi connectivity index (χ1v) is 9.46. The molecule has 1 saturated heterocycles. The van der Waals surface area contributed by atoms with Gasteiger partial charge in [-0.3, -0.25) is 4.79 Å². The zero-order valence-corrected chi connectivity index (χ0v) is 16.2. The molecule has 1 amide bonds. The van der Waals surface area contributed by atoms with E-state index >= 15 is 0 Å². The second-order valence-electron chi connectivity index (χ2n) is 8.38. The van der Waals surface area contributed by atoms with Gasteiger partial charge < -0.3 is 10.2 Å². The molecule has 1 N–H and O–H groups in total. The molecule has 0 aliphatic carbocycles. The molecule has 138 valence electrons. The number of rotatable bonds is 3. The molecule has 4 heteroatoms. The van der Waals surface area contributed by atoms with Crippen molar-refractivity contribution in [3.8, 4) is 0 Å². The summed E-state index contributed by atoms with van der Waals surface area (Å²) in [6.45, 7) is 10.8. The van der Waals surface area contributed by atoms with Crippen LogP contribution < -0.4 is 10.2 Å². The Morgan fingerprint density at radius 2 is 1.92 bits per heavy atom. The molecule has 0 saturated carbocycles. The minimum absolute atomic E-state index is 0.0952. The Morgan fingerprint density at radius 1 is 1.19 bits per heavy atom. The number of nitrogens with one attached hydrogen (secondary N) is 1. The average Bonchev–Trinajstić information content (AvgIpc) is 2.61. The van der Waals surface area contributed by atoms with Gasteiger partial charge in [-0.25, -0.2) is 4.98 Å². The molecule has 1 aliphatic heterocycles. The van der Waals surface area contributed by atoms with Gasteiger partial charge in [-0.05, 0) is 54.0 Å². The lowest BCUT2D eigenvalue weighted by molar-refractivity contribution is 0.102. The van der Waals surface area contributed by atoms with E-state index in [0.29, 0.717) is 11.5 Å². The fraction of sp³-hybridized carbons (Fsp3) is 0.455. The number of hydrogen-bond acceptors (Lipinski definition) is 3. The number of benzene rings is 1. The smallest absolute Gasteiger partial charge is 0.255 e. The van der Waals surface area contributed by atoms with Crippen molar-refractivity contribution in [2.75, 3.05) is 23.3 Å². The van der Waals surface area contributed by atoms with Crippen LogP contribution in [0.3, 0.4) is 0 Å². The summed E-state index contributed by atoms with van der Waals surface area (Å²) in [5.74, 6) is 1.47. The standard InChI is InChI=1S/C22H29N3O/c1-16-6-5-13-25(15-16)20-14-17(11-12-23-20)21(26)24-19-9-7-18(8-10-19)22(2,3)4/h7-12,14,16H,5-6,13,15H2,1-4H3,(H,24,26). The van der Waals surface area contributed by atoms with Crippen LogP contribution in [0.4, 0.5) is 11.5 Å². The maximum atomic E-state index is 12.6. The Morgan fingerprint density at radius 3 is 2.58 bits per heavy atom. The molecule has 1 aliphatic rings. The van der Waals surface area contributed by atoms with Gasteiger partial charge in [0.15, 0.2) is 0 Å². The van der Waals surface area contributed by atoms with Crippen LogP contribution in [0.1, 0.15) is 56.5 Å². The molecule has 0 radical (unpaired) electrons. The largest absolute Gasteiger partial charge is 0.356 e. The predicted molar refractivity (Wildman–Crippen MR) is 108 cm³/mol. The maximum absolute atomic E-state index is 12.6. The Kier molecular flexibility index (Phi) is 5.30. The molecular weight excluding hydrogens is 322 g/mol. The van der Waals surface area contributed by atoms with Crippen LogP contribution in [0.5, 0.6) is 0 Å². The minimum atomic E-state index is -0.0952. The summed E-state index contributed by atoms with van der Waals surface area (Å²) in [6, 6.07) is 11.7. The molecule has 0 bridgehead atoms. The van der Waals surface area contributed by atoms with E-state index in [-0.39, 0.29) is 11.3 Å². The Bertz CT molecular complexity index is 762. The molecule has 1 unspecified atom stereocenters. The number of amides is 1. The molecule has 1 atom stereocenters. The number of nitrogens with zero attached hydrogens (tertiary/aromatic N) is 2. The van der Waals surface area contributed by atoms with Gasteiger partial charge in [0.2, 0.25) is 0 Å². The fourth-order valence-corrected chi connectivity index (χ4v) is 3.39. The highest BCUT2D eigenvalue weighted by Crippen LogP contribution is 2.24. The van der Waals surface area contributed by atoms with Gasteiger partial charge in [0.25, 0.3) is 5.91 Å². The number of piperidine rings is 1. The Balaban J connectivity index is 1.71. The van der Waals surface area contributed by atoms with E-state index in [1.807, 2.05) is 18.2 Å². The number of hydrogen-bond donors (Lipinski definition) is 1. The Labute approximate surface area is 156 Å². The second kappa shape index (κ2) is 7.48. The van der Waals surface area contributed by atoms with Crippen LogP contribution in [-0.4, -0.2) is 24.0 Å². The first-order valence-electron chi connectivity index (χ1n) is 9.46. The zero-order valence-electron chi connectivity index (χ0n) is 16.2. The maximum Gasteiger partial charge on any atom is 0.255 e. The van der Waals surface area contributed by atoms with E-state index in [1.165, 1.54) is 18.4 Å². The quantitative estimate of drug-likeness (QED) is 0.858. The molecule has 0 spiro atoms. The third kappa shape index (κ3) is 4.43. The SMILES string of the molecule is CC1CCCN(c2cc(C(=O)Nc3ccc(C(C)(C)C)cc3)ccn2)C1. The van der Waals surface area contributed by atoms with Gasteiger partial charge in [0.1, 0.15) is 5.82 Å². The van der Waals surface area contributed by atoms with Crippen LogP contribution in [-0.2, 0) is 5.41 Å². The summed E-state index contributed by atoms with van der Waals surface area (Å²) in [4.78, 5) is 19.4. The number of carbonyl (C=O) groups excluding carboxylic acids is 1. The van der Waals surface area contributed by atoms with Crippen molar-refractivity contribution in [3.63, 3.8) is 0 Å². The molecule has 1 aromatic heterocycles. The molecule has 4 nitrogen and oxygen atoms in total. The van der Waals surface area contributed by atoms with Crippen molar-refractivity contribution in [1.29, 1.82) is 0 Å². The second-order valence-corrected chi connectivity index (χ2v) is 8.38. The van der Waals surface area contributed by atoms with Crippen LogP contribution in [0, 0.1) is 5.92 Å². The highest BCUT2D eigenvalue weighted by Gasteiger charge is 2.19. The molecular formula is C22H29N3O. The van der Waals surface area contributed by atoms with Gasteiger partial charge in [0, 0.05) is 30.5 Å². The van der Waals surface area contributed by atoms with Crippen LogP contribution in [0.15, 0.2) is 42.6 Å².